The van der Waals surface area contributed by atoms with Gasteiger partial charge in [0.15, 0.2) is 0 Å². The van der Waals surface area contributed by atoms with E-state index in [1.54, 1.807) is 35.2 Å². The molecule has 0 spiro atoms. The van der Waals surface area contributed by atoms with E-state index in [4.69, 9.17) is 50.0 Å². The number of amides is 1. The van der Waals surface area contributed by atoms with Crippen LogP contribution < -0.4 is 9.47 Å². The summed E-state index contributed by atoms with van der Waals surface area (Å²) in [6.45, 7) is 1.95. The molecule has 0 saturated carbocycles. The largest absolute Gasteiger partial charge is 0.494 e. The molecule has 1 N–H and O–H groups in total. The lowest BCUT2D eigenvalue weighted by atomic mass is 10.0. The molecule has 11 heteroatoms. The second kappa shape index (κ2) is 14.2. The third-order valence-corrected chi connectivity index (χ3v) is 8.03. The highest BCUT2D eigenvalue weighted by Crippen LogP contribution is 2.37. The maximum absolute atomic E-state index is 13.3. The molecule has 1 amide bonds. The first-order valence-electron chi connectivity index (χ1n) is 12.7. The van der Waals surface area contributed by atoms with Crippen LogP contribution >= 0.6 is 47.2 Å². The van der Waals surface area contributed by atoms with Gasteiger partial charge in [-0.3, -0.25) is 9.69 Å². The number of carboxylic acids is 1. The van der Waals surface area contributed by atoms with Gasteiger partial charge in [0.1, 0.15) is 22.4 Å². The highest BCUT2D eigenvalue weighted by Gasteiger charge is 2.32. The van der Waals surface area contributed by atoms with Gasteiger partial charge in [-0.25, -0.2) is 4.79 Å². The number of carbonyl (C=O) groups excluding carboxylic acids is 1. The van der Waals surface area contributed by atoms with Gasteiger partial charge in [0.2, 0.25) is 0 Å². The molecule has 41 heavy (non-hydrogen) atoms. The summed E-state index contributed by atoms with van der Waals surface area (Å²) in [6.07, 6.45) is 2.35. The third-order valence-electron chi connectivity index (χ3n) is 6.10. The molecule has 4 rings (SSSR count). The van der Waals surface area contributed by atoms with Gasteiger partial charge in [0.25, 0.3) is 5.91 Å². The number of rotatable bonds is 12. The van der Waals surface area contributed by atoms with Gasteiger partial charge in [-0.05, 0) is 80.7 Å². The molecular formula is C30H28Cl2N2O5S2. The Hall–Kier alpha value is -3.08. The molecule has 1 aliphatic rings. The number of halogens is 2. The van der Waals surface area contributed by atoms with Crippen LogP contribution in [-0.4, -0.2) is 71.5 Å². The Morgan fingerprint density at radius 1 is 1.05 bits per heavy atom. The van der Waals surface area contributed by atoms with E-state index < -0.39 is 5.97 Å². The molecule has 0 aromatic heterocycles. The van der Waals surface area contributed by atoms with Crippen molar-refractivity contribution in [2.45, 2.75) is 6.42 Å². The summed E-state index contributed by atoms with van der Waals surface area (Å²) >= 11 is 19.3. The van der Waals surface area contributed by atoms with Crippen LogP contribution in [0.15, 0.2) is 65.6 Å². The molecule has 7 nitrogen and oxygen atoms in total. The van der Waals surface area contributed by atoms with E-state index in [9.17, 15) is 9.59 Å². The zero-order chi connectivity index (χ0) is 29.5. The van der Waals surface area contributed by atoms with E-state index >= 15 is 0 Å². The number of likely N-dealkylation sites (N-methyl/N-ethyl adjacent to an activating group) is 1. The summed E-state index contributed by atoms with van der Waals surface area (Å²) in [6, 6.07) is 17.3. The Balaban J connectivity index is 1.48. The van der Waals surface area contributed by atoms with Crippen LogP contribution in [0, 0.1) is 0 Å². The van der Waals surface area contributed by atoms with Gasteiger partial charge >= 0.3 is 5.97 Å². The third kappa shape index (κ3) is 8.24. The number of aromatic carboxylic acids is 1. The van der Waals surface area contributed by atoms with Crippen LogP contribution in [-0.2, 0) is 4.79 Å². The molecule has 1 heterocycles. The monoisotopic (exact) mass is 630 g/mol. The van der Waals surface area contributed by atoms with Crippen LogP contribution in [0.1, 0.15) is 22.3 Å². The Morgan fingerprint density at radius 3 is 2.49 bits per heavy atom. The summed E-state index contributed by atoms with van der Waals surface area (Å²) < 4.78 is 12.2. The molecule has 0 atom stereocenters. The molecule has 1 fully saturated rings. The molecule has 214 valence electrons. The van der Waals surface area contributed by atoms with Crippen LogP contribution in [0.2, 0.25) is 10.0 Å². The number of hydrogen-bond donors (Lipinski definition) is 1. The molecule has 0 bridgehead atoms. The predicted octanol–water partition coefficient (Wildman–Crippen LogP) is 6.97. The molecule has 0 radical (unpaired) electrons. The van der Waals surface area contributed by atoms with E-state index in [1.165, 1.54) is 23.9 Å². The second-order valence-corrected chi connectivity index (χ2v) is 11.9. The van der Waals surface area contributed by atoms with Crippen molar-refractivity contribution in [1.82, 2.24) is 9.80 Å². The number of carboxylic acid groups (broad SMARTS) is 1. The van der Waals surface area contributed by atoms with Crippen molar-refractivity contribution in [2.75, 3.05) is 40.4 Å². The van der Waals surface area contributed by atoms with E-state index in [2.05, 4.69) is 0 Å². The molecule has 1 saturated heterocycles. The molecule has 1 aliphatic heterocycles. The average Bonchev–Trinajstić information content (AvgIpc) is 3.19. The average molecular weight is 632 g/mol. The number of nitrogens with zero attached hydrogens (tertiary/aromatic N) is 2. The van der Waals surface area contributed by atoms with E-state index in [1.807, 2.05) is 43.3 Å². The van der Waals surface area contributed by atoms with Gasteiger partial charge in [-0.15, -0.1) is 0 Å². The Morgan fingerprint density at radius 2 is 1.80 bits per heavy atom. The van der Waals surface area contributed by atoms with E-state index in [0.717, 1.165) is 23.2 Å². The normalized spacial score (nSPS) is 14.3. The summed E-state index contributed by atoms with van der Waals surface area (Å²) in [5.41, 5.74) is 2.60. The van der Waals surface area contributed by atoms with Crippen LogP contribution in [0.3, 0.4) is 0 Å². The number of benzene rings is 3. The van der Waals surface area contributed by atoms with Crippen molar-refractivity contribution in [2.24, 2.45) is 0 Å². The fourth-order valence-electron chi connectivity index (χ4n) is 3.96. The van der Waals surface area contributed by atoms with Gasteiger partial charge in [0, 0.05) is 34.3 Å². The highest BCUT2D eigenvalue weighted by molar-refractivity contribution is 8.26. The maximum Gasteiger partial charge on any atom is 0.335 e. The summed E-state index contributed by atoms with van der Waals surface area (Å²) in [5.74, 6) is 0.0303. The summed E-state index contributed by atoms with van der Waals surface area (Å²) in [5, 5.41) is 10.1. The zero-order valence-corrected chi connectivity index (χ0v) is 25.6. The van der Waals surface area contributed by atoms with Crippen molar-refractivity contribution in [1.29, 1.82) is 0 Å². The first-order chi connectivity index (χ1) is 19.6. The number of carbonyl (C=O) groups is 2. The van der Waals surface area contributed by atoms with Gasteiger partial charge < -0.3 is 19.5 Å². The topological polar surface area (TPSA) is 79.3 Å². The van der Waals surface area contributed by atoms with Crippen LogP contribution in [0.4, 0.5) is 0 Å². The Bertz CT molecular complexity index is 1480. The fraction of sp³-hybridized carbons (Fsp3) is 0.233. The van der Waals surface area contributed by atoms with Gasteiger partial charge in [-0.1, -0.05) is 59.3 Å². The molecule has 3 aromatic carbocycles. The van der Waals surface area contributed by atoms with Crippen LogP contribution in [0.5, 0.6) is 11.5 Å². The Kier molecular flexibility index (Phi) is 10.7. The van der Waals surface area contributed by atoms with E-state index in [-0.39, 0.29) is 11.5 Å². The number of ether oxygens (including phenoxy) is 2. The lowest BCUT2D eigenvalue weighted by molar-refractivity contribution is -0.122. The van der Waals surface area contributed by atoms with Crippen molar-refractivity contribution < 1.29 is 24.2 Å². The minimum Gasteiger partial charge on any atom is -0.494 e. The van der Waals surface area contributed by atoms with Gasteiger partial charge in [0.05, 0.1) is 17.1 Å². The quantitative estimate of drug-likeness (QED) is 0.131. The summed E-state index contributed by atoms with van der Waals surface area (Å²) in [7, 11) is 3.95. The highest BCUT2D eigenvalue weighted by atomic mass is 35.5. The standard InChI is InChI=1S/C30H28Cl2N2O5S2/c1-33(2)13-15-39-26-11-6-20(24-10-7-22(31)18-25(24)32)16-21(26)17-27-28(35)34(30(40)41-27)12-3-14-38-23-8-4-19(5-9-23)29(36)37/h4-11,16-18H,3,12-15H2,1-2H3,(H,36,37)/b27-17-. The number of hydrogen-bond acceptors (Lipinski definition) is 7. The molecule has 3 aromatic rings. The Labute approximate surface area is 258 Å². The van der Waals surface area contributed by atoms with Crippen LogP contribution in [0.25, 0.3) is 17.2 Å². The lowest BCUT2D eigenvalue weighted by Gasteiger charge is -2.15. The summed E-state index contributed by atoms with van der Waals surface area (Å²) in [4.78, 5) is 28.4. The SMILES string of the molecule is CN(C)CCOc1ccc(-c2ccc(Cl)cc2Cl)cc1/C=C1\SC(=S)N(CCCOc2ccc(C(=O)O)cc2)C1=O. The maximum atomic E-state index is 13.3. The minimum absolute atomic E-state index is 0.181. The first-order valence-corrected chi connectivity index (χ1v) is 14.7. The minimum atomic E-state index is -0.994. The fourth-order valence-corrected chi connectivity index (χ4v) is 5.78. The van der Waals surface area contributed by atoms with E-state index in [0.29, 0.717) is 56.9 Å². The van der Waals surface area contributed by atoms with Crippen molar-refractivity contribution >= 4 is 69.5 Å². The second-order valence-electron chi connectivity index (χ2n) is 9.39. The zero-order valence-electron chi connectivity index (χ0n) is 22.4. The molecule has 0 aliphatic carbocycles. The lowest BCUT2D eigenvalue weighted by Crippen LogP contribution is -2.29. The molecule has 0 unspecified atom stereocenters. The van der Waals surface area contributed by atoms with Crippen molar-refractivity contribution in [3.63, 3.8) is 0 Å². The van der Waals surface area contributed by atoms with Crippen molar-refractivity contribution in [3.05, 3.63) is 86.7 Å². The van der Waals surface area contributed by atoms with Crippen molar-refractivity contribution in [3.8, 4) is 22.6 Å². The predicted molar refractivity (Wildman–Crippen MR) is 169 cm³/mol. The smallest absolute Gasteiger partial charge is 0.335 e. The van der Waals surface area contributed by atoms with Gasteiger partial charge in [-0.2, -0.15) is 0 Å². The number of thiocarbonyl (C=S) groups is 1. The molecular weight excluding hydrogens is 603 g/mol. The number of thioether (sulfide) groups is 1. The first kappa shape index (κ1) is 30.9.